The lowest BCUT2D eigenvalue weighted by Crippen LogP contribution is -2.41. The zero-order chi connectivity index (χ0) is 13.1. The molecular formula is C13H22N4O. The van der Waals surface area contributed by atoms with Crippen molar-refractivity contribution in [1.82, 2.24) is 15.1 Å². The quantitative estimate of drug-likeness (QED) is 0.851. The first-order valence-electron chi connectivity index (χ1n) is 6.63. The number of aromatic nitrogens is 2. The number of hydrogen-bond acceptors (Lipinski definition) is 3. The van der Waals surface area contributed by atoms with Crippen molar-refractivity contribution in [3.63, 3.8) is 0 Å². The van der Waals surface area contributed by atoms with Gasteiger partial charge >= 0.3 is 0 Å². The minimum absolute atomic E-state index is 0.0184. The van der Waals surface area contributed by atoms with Gasteiger partial charge < -0.3 is 11.1 Å². The topological polar surface area (TPSA) is 72.9 Å². The van der Waals surface area contributed by atoms with Gasteiger partial charge in [-0.25, -0.2) is 0 Å². The van der Waals surface area contributed by atoms with Gasteiger partial charge in [-0.2, -0.15) is 5.10 Å². The highest BCUT2D eigenvalue weighted by Gasteiger charge is 2.25. The molecule has 0 aliphatic heterocycles. The van der Waals surface area contributed by atoms with E-state index in [1.807, 2.05) is 0 Å². The first-order chi connectivity index (χ1) is 8.54. The highest BCUT2D eigenvalue weighted by molar-refractivity contribution is 5.76. The fourth-order valence-corrected chi connectivity index (χ4v) is 2.56. The van der Waals surface area contributed by atoms with Crippen LogP contribution in [-0.4, -0.2) is 21.7 Å². The maximum atomic E-state index is 11.9. The Bertz CT molecular complexity index is 415. The van der Waals surface area contributed by atoms with E-state index in [1.54, 1.807) is 16.9 Å². The summed E-state index contributed by atoms with van der Waals surface area (Å²) in [4.78, 5) is 11.9. The highest BCUT2D eigenvalue weighted by Crippen LogP contribution is 2.29. The SMILES string of the molecule is CC1CCC(NC(=O)Cn2ccc(N)n2)CC1C. The van der Waals surface area contributed by atoms with Crippen LogP contribution in [0.15, 0.2) is 12.3 Å². The second kappa shape index (κ2) is 5.42. The number of nitrogen functional groups attached to an aromatic ring is 1. The Morgan fingerprint density at radius 1 is 1.50 bits per heavy atom. The van der Waals surface area contributed by atoms with E-state index in [0.29, 0.717) is 17.8 Å². The maximum Gasteiger partial charge on any atom is 0.241 e. The molecule has 1 aliphatic rings. The number of hydrogen-bond donors (Lipinski definition) is 2. The zero-order valence-electron chi connectivity index (χ0n) is 11.1. The van der Waals surface area contributed by atoms with Crippen LogP contribution in [0.2, 0.25) is 0 Å². The molecule has 5 nitrogen and oxygen atoms in total. The second-order valence-electron chi connectivity index (χ2n) is 5.47. The van der Waals surface area contributed by atoms with Gasteiger partial charge in [0.15, 0.2) is 0 Å². The lowest BCUT2D eigenvalue weighted by Gasteiger charge is -2.32. The van der Waals surface area contributed by atoms with E-state index in [0.717, 1.165) is 18.8 Å². The van der Waals surface area contributed by atoms with Gasteiger partial charge in [0.05, 0.1) is 0 Å². The number of carbonyl (C=O) groups excluding carboxylic acids is 1. The van der Waals surface area contributed by atoms with Crippen LogP contribution in [0.4, 0.5) is 5.82 Å². The molecule has 1 amide bonds. The number of amides is 1. The van der Waals surface area contributed by atoms with Crippen molar-refractivity contribution in [2.24, 2.45) is 11.8 Å². The summed E-state index contributed by atoms with van der Waals surface area (Å²) in [6.07, 6.45) is 5.08. The van der Waals surface area contributed by atoms with Gasteiger partial charge in [-0.05, 0) is 37.2 Å². The molecule has 1 heterocycles. The van der Waals surface area contributed by atoms with E-state index in [9.17, 15) is 4.79 Å². The van der Waals surface area contributed by atoms with Gasteiger partial charge in [0.1, 0.15) is 12.4 Å². The summed E-state index contributed by atoms with van der Waals surface area (Å²) in [7, 11) is 0. The molecule has 0 bridgehead atoms. The molecule has 5 heteroatoms. The molecule has 1 aliphatic carbocycles. The third-order valence-corrected chi connectivity index (χ3v) is 3.93. The number of rotatable bonds is 3. The normalized spacial score (nSPS) is 28.0. The van der Waals surface area contributed by atoms with Crippen LogP contribution in [0.3, 0.4) is 0 Å². The van der Waals surface area contributed by atoms with Crippen LogP contribution in [0.1, 0.15) is 33.1 Å². The Balaban J connectivity index is 1.81. The highest BCUT2D eigenvalue weighted by atomic mass is 16.2. The average molecular weight is 250 g/mol. The molecule has 1 aromatic rings. The van der Waals surface area contributed by atoms with Gasteiger partial charge in [0.25, 0.3) is 0 Å². The molecule has 0 saturated heterocycles. The average Bonchev–Trinajstić information content (AvgIpc) is 2.69. The molecule has 0 radical (unpaired) electrons. The van der Waals surface area contributed by atoms with Gasteiger partial charge in [-0.15, -0.1) is 0 Å². The zero-order valence-corrected chi connectivity index (χ0v) is 11.1. The first-order valence-corrected chi connectivity index (χ1v) is 6.63. The Morgan fingerprint density at radius 3 is 2.89 bits per heavy atom. The molecular weight excluding hydrogens is 228 g/mol. The van der Waals surface area contributed by atoms with Gasteiger partial charge in [-0.3, -0.25) is 9.48 Å². The number of anilines is 1. The number of carbonyl (C=O) groups is 1. The van der Waals surface area contributed by atoms with Gasteiger partial charge in [-0.1, -0.05) is 13.8 Å². The number of nitrogens with two attached hydrogens (primary N) is 1. The van der Waals surface area contributed by atoms with Crippen molar-refractivity contribution in [2.75, 3.05) is 5.73 Å². The van der Waals surface area contributed by atoms with E-state index >= 15 is 0 Å². The van der Waals surface area contributed by atoms with Crippen LogP contribution in [-0.2, 0) is 11.3 Å². The Morgan fingerprint density at radius 2 is 2.28 bits per heavy atom. The third-order valence-electron chi connectivity index (χ3n) is 3.93. The van der Waals surface area contributed by atoms with Gasteiger partial charge in [0, 0.05) is 12.2 Å². The number of nitrogens with zero attached hydrogens (tertiary/aromatic N) is 2. The summed E-state index contributed by atoms with van der Waals surface area (Å²) >= 11 is 0. The third kappa shape index (κ3) is 3.24. The lowest BCUT2D eigenvalue weighted by molar-refractivity contribution is -0.122. The minimum Gasteiger partial charge on any atom is -0.382 e. The monoisotopic (exact) mass is 250 g/mol. The molecule has 3 unspecified atom stereocenters. The van der Waals surface area contributed by atoms with Gasteiger partial charge in [0.2, 0.25) is 5.91 Å². The molecule has 3 N–H and O–H groups in total. The van der Waals surface area contributed by atoms with Crippen molar-refractivity contribution in [1.29, 1.82) is 0 Å². The molecule has 1 aromatic heterocycles. The smallest absolute Gasteiger partial charge is 0.241 e. The van der Waals surface area contributed by atoms with Crippen LogP contribution in [0, 0.1) is 11.8 Å². The summed E-state index contributed by atoms with van der Waals surface area (Å²) < 4.78 is 1.57. The van der Waals surface area contributed by atoms with Crippen molar-refractivity contribution in [3.8, 4) is 0 Å². The van der Waals surface area contributed by atoms with E-state index in [-0.39, 0.29) is 12.5 Å². The molecule has 1 fully saturated rings. The van der Waals surface area contributed by atoms with Crippen LogP contribution < -0.4 is 11.1 Å². The number of nitrogens with one attached hydrogen (secondary N) is 1. The molecule has 2 rings (SSSR count). The Kier molecular flexibility index (Phi) is 3.89. The molecule has 100 valence electrons. The van der Waals surface area contributed by atoms with Crippen molar-refractivity contribution in [2.45, 2.75) is 45.7 Å². The second-order valence-corrected chi connectivity index (χ2v) is 5.47. The van der Waals surface area contributed by atoms with Crippen LogP contribution >= 0.6 is 0 Å². The van der Waals surface area contributed by atoms with E-state index < -0.39 is 0 Å². The van der Waals surface area contributed by atoms with Crippen LogP contribution in [0.25, 0.3) is 0 Å². The fraction of sp³-hybridized carbons (Fsp3) is 0.692. The molecule has 3 atom stereocenters. The fourth-order valence-electron chi connectivity index (χ4n) is 2.56. The molecule has 18 heavy (non-hydrogen) atoms. The summed E-state index contributed by atoms with van der Waals surface area (Å²) in [6.45, 7) is 4.80. The lowest BCUT2D eigenvalue weighted by atomic mass is 9.79. The summed E-state index contributed by atoms with van der Waals surface area (Å²) in [6, 6.07) is 2.01. The predicted octanol–water partition coefficient (Wildman–Crippen LogP) is 1.41. The van der Waals surface area contributed by atoms with Crippen molar-refractivity contribution < 1.29 is 4.79 Å². The largest absolute Gasteiger partial charge is 0.382 e. The maximum absolute atomic E-state index is 11.9. The van der Waals surface area contributed by atoms with E-state index in [4.69, 9.17) is 5.73 Å². The molecule has 0 spiro atoms. The minimum atomic E-state index is 0.0184. The summed E-state index contributed by atoms with van der Waals surface area (Å²) in [5.74, 6) is 1.92. The predicted molar refractivity (Wildman–Crippen MR) is 70.7 cm³/mol. The molecule has 1 saturated carbocycles. The van der Waals surface area contributed by atoms with E-state index in [1.165, 1.54) is 6.42 Å². The standard InChI is InChI=1S/C13H22N4O/c1-9-3-4-11(7-10(9)2)15-13(18)8-17-6-5-12(14)16-17/h5-6,9-11H,3-4,7-8H2,1-2H3,(H2,14,16)(H,15,18). The van der Waals surface area contributed by atoms with Crippen molar-refractivity contribution >= 4 is 11.7 Å². The Hall–Kier alpha value is -1.52. The summed E-state index contributed by atoms with van der Waals surface area (Å²) in [5, 5.41) is 7.09. The van der Waals surface area contributed by atoms with Crippen LogP contribution in [0.5, 0.6) is 0 Å². The first kappa shape index (κ1) is 12.9. The molecule has 0 aromatic carbocycles. The van der Waals surface area contributed by atoms with Crippen molar-refractivity contribution in [3.05, 3.63) is 12.3 Å². The Labute approximate surface area is 108 Å². The summed E-state index contributed by atoms with van der Waals surface area (Å²) in [5.41, 5.74) is 5.51. The van der Waals surface area contributed by atoms with E-state index in [2.05, 4.69) is 24.3 Å².